The van der Waals surface area contributed by atoms with E-state index >= 15 is 0 Å². The lowest BCUT2D eigenvalue weighted by molar-refractivity contribution is -0.109. The number of aldehydes is 1. The normalized spacial score (nSPS) is 8.92. The number of hydrogen-bond acceptors (Lipinski definition) is 3. The van der Waals surface area contributed by atoms with Gasteiger partial charge >= 0.3 is 0 Å². The summed E-state index contributed by atoms with van der Waals surface area (Å²) in [4.78, 5) is 20.1. The zero-order chi connectivity index (χ0) is 9.52. The maximum Gasteiger partial charge on any atom is 0.225 e. The van der Waals surface area contributed by atoms with Gasteiger partial charge in [0.1, 0.15) is 6.29 Å². The van der Waals surface area contributed by atoms with Crippen LogP contribution in [-0.4, -0.2) is 12.7 Å². The summed E-state index contributed by atoms with van der Waals surface area (Å²) in [5.41, 5.74) is 6.70. The van der Waals surface area contributed by atoms with Crippen molar-refractivity contribution in [2.24, 2.45) is 0 Å². The van der Waals surface area contributed by atoms with Crippen molar-refractivity contribution >= 4 is 18.4 Å². The van der Waals surface area contributed by atoms with E-state index in [2.05, 4.69) is 10.9 Å². The second kappa shape index (κ2) is 4.92. The van der Waals surface area contributed by atoms with Crippen LogP contribution >= 0.6 is 0 Å². The number of anilines is 1. The first-order valence-electron chi connectivity index (χ1n) is 3.84. The molecule has 0 heterocycles. The highest BCUT2D eigenvalue weighted by atomic mass is 16.1. The molecule has 0 saturated heterocycles. The van der Waals surface area contributed by atoms with Crippen molar-refractivity contribution < 1.29 is 9.59 Å². The fourth-order valence-electron chi connectivity index (χ4n) is 0.933. The van der Waals surface area contributed by atoms with Crippen LogP contribution in [0.1, 0.15) is 5.56 Å². The second-order valence-corrected chi connectivity index (χ2v) is 2.45. The minimum atomic E-state index is 0.418. The standard InChI is InChI=1S/C9H10N2O2/c12-6-5-8-1-3-9(4-2-8)11-10-7-13/h1-4,6-7,11H,5H2,(H,10,13). The Balaban J connectivity index is 2.58. The lowest BCUT2D eigenvalue weighted by atomic mass is 10.1. The molecule has 0 radical (unpaired) electrons. The summed E-state index contributed by atoms with van der Waals surface area (Å²) in [7, 11) is 0. The van der Waals surface area contributed by atoms with Crippen LogP contribution in [0.2, 0.25) is 0 Å². The van der Waals surface area contributed by atoms with Gasteiger partial charge in [-0.25, -0.2) is 0 Å². The van der Waals surface area contributed by atoms with Crippen molar-refractivity contribution in [3.8, 4) is 0 Å². The summed E-state index contributed by atoms with van der Waals surface area (Å²) in [6.45, 7) is 0. The number of benzene rings is 1. The minimum Gasteiger partial charge on any atom is -0.303 e. The number of amides is 1. The third-order valence-electron chi connectivity index (χ3n) is 1.55. The van der Waals surface area contributed by atoms with Gasteiger partial charge in [-0.15, -0.1) is 0 Å². The van der Waals surface area contributed by atoms with Crippen molar-refractivity contribution in [1.82, 2.24) is 5.43 Å². The van der Waals surface area contributed by atoms with Gasteiger partial charge in [0.15, 0.2) is 0 Å². The summed E-state index contributed by atoms with van der Waals surface area (Å²) in [6, 6.07) is 7.22. The van der Waals surface area contributed by atoms with Gasteiger partial charge in [0.25, 0.3) is 0 Å². The Kier molecular flexibility index (Phi) is 3.50. The molecule has 1 aromatic rings. The molecule has 0 unspecified atom stereocenters. The fourth-order valence-corrected chi connectivity index (χ4v) is 0.933. The van der Waals surface area contributed by atoms with E-state index in [0.29, 0.717) is 12.8 Å². The van der Waals surface area contributed by atoms with Crippen LogP contribution < -0.4 is 10.9 Å². The van der Waals surface area contributed by atoms with E-state index in [-0.39, 0.29) is 0 Å². The predicted octanol–water partition coefficient (Wildman–Crippen LogP) is 0.501. The SMILES string of the molecule is O=CCc1ccc(NNC=O)cc1. The number of rotatable bonds is 5. The Labute approximate surface area is 75.9 Å². The van der Waals surface area contributed by atoms with Gasteiger partial charge in [-0.3, -0.25) is 15.6 Å². The molecule has 0 aromatic heterocycles. The average molecular weight is 178 g/mol. The van der Waals surface area contributed by atoms with Crippen LogP contribution in [0.25, 0.3) is 0 Å². The van der Waals surface area contributed by atoms with Crippen LogP contribution in [0.15, 0.2) is 24.3 Å². The van der Waals surface area contributed by atoms with E-state index in [1.54, 1.807) is 12.1 Å². The molecule has 68 valence electrons. The average Bonchev–Trinajstić information content (AvgIpc) is 2.17. The molecule has 0 aliphatic heterocycles. The Bertz CT molecular complexity index is 282. The fraction of sp³-hybridized carbons (Fsp3) is 0.111. The Hall–Kier alpha value is -1.84. The second-order valence-electron chi connectivity index (χ2n) is 2.45. The van der Waals surface area contributed by atoms with Gasteiger partial charge in [-0.05, 0) is 17.7 Å². The zero-order valence-corrected chi connectivity index (χ0v) is 6.99. The summed E-state index contributed by atoms with van der Waals surface area (Å²) in [5.74, 6) is 0. The molecule has 4 nitrogen and oxygen atoms in total. The van der Waals surface area contributed by atoms with Gasteiger partial charge < -0.3 is 4.79 Å². The third kappa shape index (κ3) is 2.94. The number of carbonyl (C=O) groups excluding carboxylic acids is 2. The first-order valence-corrected chi connectivity index (χ1v) is 3.84. The maximum absolute atomic E-state index is 10.2. The van der Waals surface area contributed by atoms with Crippen molar-refractivity contribution in [1.29, 1.82) is 0 Å². The molecule has 1 amide bonds. The largest absolute Gasteiger partial charge is 0.303 e. The zero-order valence-electron chi connectivity index (χ0n) is 6.99. The van der Waals surface area contributed by atoms with E-state index in [1.807, 2.05) is 12.1 Å². The molecule has 0 saturated carbocycles. The van der Waals surface area contributed by atoms with Crippen LogP contribution in [-0.2, 0) is 16.0 Å². The monoisotopic (exact) mass is 178 g/mol. The van der Waals surface area contributed by atoms with Crippen molar-refractivity contribution in [3.63, 3.8) is 0 Å². The van der Waals surface area contributed by atoms with Gasteiger partial charge in [-0.1, -0.05) is 12.1 Å². The lowest BCUT2D eigenvalue weighted by Crippen LogP contribution is -2.18. The van der Waals surface area contributed by atoms with Crippen molar-refractivity contribution in [3.05, 3.63) is 29.8 Å². The summed E-state index contributed by atoms with van der Waals surface area (Å²) >= 11 is 0. The highest BCUT2D eigenvalue weighted by Crippen LogP contribution is 2.07. The number of carbonyl (C=O) groups is 2. The summed E-state index contributed by atoms with van der Waals surface area (Å²) < 4.78 is 0. The molecule has 0 atom stereocenters. The quantitative estimate of drug-likeness (QED) is 0.510. The predicted molar refractivity (Wildman–Crippen MR) is 49.0 cm³/mol. The highest BCUT2D eigenvalue weighted by Gasteiger charge is 1.92. The molecule has 2 N–H and O–H groups in total. The highest BCUT2D eigenvalue weighted by molar-refractivity contribution is 5.57. The van der Waals surface area contributed by atoms with Gasteiger partial charge in [-0.2, -0.15) is 0 Å². The minimum absolute atomic E-state index is 0.418. The van der Waals surface area contributed by atoms with E-state index in [1.165, 1.54) is 0 Å². The smallest absolute Gasteiger partial charge is 0.225 e. The molecule has 0 bridgehead atoms. The molecule has 1 aromatic carbocycles. The van der Waals surface area contributed by atoms with Crippen LogP contribution in [0.4, 0.5) is 5.69 Å². The summed E-state index contributed by atoms with van der Waals surface area (Å²) in [5, 5.41) is 0. The molecule has 0 aliphatic rings. The van der Waals surface area contributed by atoms with Gasteiger partial charge in [0.2, 0.25) is 6.41 Å². The van der Waals surface area contributed by atoms with Crippen molar-refractivity contribution in [2.75, 3.05) is 5.43 Å². The first-order chi connectivity index (χ1) is 6.36. The molecule has 0 spiro atoms. The van der Waals surface area contributed by atoms with E-state index in [4.69, 9.17) is 0 Å². The molecule has 1 rings (SSSR count). The third-order valence-corrected chi connectivity index (χ3v) is 1.55. The van der Waals surface area contributed by atoms with Crippen molar-refractivity contribution in [2.45, 2.75) is 6.42 Å². The summed E-state index contributed by atoms with van der Waals surface area (Å²) in [6.07, 6.45) is 1.83. The Morgan fingerprint density at radius 1 is 1.15 bits per heavy atom. The number of nitrogens with one attached hydrogen (secondary N) is 2. The molecule has 4 heteroatoms. The molecule has 0 aliphatic carbocycles. The first kappa shape index (κ1) is 9.25. The number of hydrogen-bond donors (Lipinski definition) is 2. The van der Waals surface area contributed by atoms with Crippen LogP contribution in [0.3, 0.4) is 0 Å². The van der Waals surface area contributed by atoms with Crippen LogP contribution in [0, 0.1) is 0 Å². The van der Waals surface area contributed by atoms with E-state index in [9.17, 15) is 9.59 Å². The molecular weight excluding hydrogens is 168 g/mol. The topological polar surface area (TPSA) is 58.2 Å². The van der Waals surface area contributed by atoms with Gasteiger partial charge in [0.05, 0.1) is 5.69 Å². The maximum atomic E-state index is 10.2. The Morgan fingerprint density at radius 2 is 1.85 bits per heavy atom. The van der Waals surface area contributed by atoms with Gasteiger partial charge in [0, 0.05) is 6.42 Å². The van der Waals surface area contributed by atoms with Crippen LogP contribution in [0.5, 0.6) is 0 Å². The van der Waals surface area contributed by atoms with E-state index in [0.717, 1.165) is 17.5 Å². The molecule has 0 fully saturated rings. The molecule has 13 heavy (non-hydrogen) atoms. The van der Waals surface area contributed by atoms with E-state index < -0.39 is 0 Å². The Morgan fingerprint density at radius 3 is 2.38 bits per heavy atom. The number of hydrazine groups is 1. The molecular formula is C9H10N2O2. The lowest BCUT2D eigenvalue weighted by Gasteiger charge is -2.03.